The smallest absolute Gasteiger partial charge is 0.335 e. The molecule has 0 atom stereocenters. The Morgan fingerprint density at radius 1 is 1.19 bits per heavy atom. The van der Waals surface area contributed by atoms with Crippen molar-refractivity contribution in [1.29, 1.82) is 0 Å². The predicted molar refractivity (Wildman–Crippen MR) is 81.1 cm³/mol. The lowest BCUT2D eigenvalue weighted by Crippen LogP contribution is -2.12. The molecule has 21 heavy (non-hydrogen) atoms. The molecule has 1 aromatic heterocycles. The van der Waals surface area contributed by atoms with E-state index in [0.29, 0.717) is 17.3 Å². The normalized spacial score (nSPS) is 11.2. The van der Waals surface area contributed by atoms with Crippen molar-refractivity contribution in [2.24, 2.45) is 0 Å². The molecule has 0 amide bonds. The summed E-state index contributed by atoms with van der Waals surface area (Å²) in [6.07, 6.45) is 0. The van der Waals surface area contributed by atoms with Crippen LogP contribution in [0, 0.1) is 6.92 Å². The Labute approximate surface area is 124 Å². The Bertz CT molecular complexity index is 672. The summed E-state index contributed by atoms with van der Waals surface area (Å²) in [5.41, 5.74) is 1.75. The number of hydrogen-bond donors (Lipinski definition) is 1. The highest BCUT2D eigenvalue weighted by molar-refractivity contribution is 5.88. The van der Waals surface area contributed by atoms with Crippen LogP contribution in [-0.4, -0.2) is 16.1 Å². The second-order valence-electron chi connectivity index (χ2n) is 5.99. The van der Waals surface area contributed by atoms with Gasteiger partial charge in [0.25, 0.3) is 0 Å². The van der Waals surface area contributed by atoms with Gasteiger partial charge in [-0.15, -0.1) is 0 Å². The summed E-state index contributed by atoms with van der Waals surface area (Å²) >= 11 is 0. The van der Waals surface area contributed by atoms with Crippen LogP contribution in [0.3, 0.4) is 0 Å². The van der Waals surface area contributed by atoms with Gasteiger partial charge in [0.15, 0.2) is 0 Å². The number of pyridine rings is 1. The first kappa shape index (κ1) is 15.0. The SMILES string of the molecule is Cc1cc(C(=O)O)cc(Oc2ccccc2C(C)(C)C)n1. The van der Waals surface area contributed by atoms with Gasteiger partial charge in [-0.1, -0.05) is 39.0 Å². The molecule has 2 rings (SSSR count). The molecule has 0 spiro atoms. The third kappa shape index (κ3) is 3.60. The zero-order chi connectivity index (χ0) is 15.6. The maximum Gasteiger partial charge on any atom is 0.335 e. The molecular weight excluding hydrogens is 266 g/mol. The number of carboxylic acids is 1. The van der Waals surface area contributed by atoms with E-state index in [4.69, 9.17) is 9.84 Å². The van der Waals surface area contributed by atoms with Gasteiger partial charge in [0.05, 0.1) is 5.56 Å². The molecule has 0 radical (unpaired) electrons. The fourth-order valence-electron chi connectivity index (χ4n) is 2.10. The van der Waals surface area contributed by atoms with E-state index in [9.17, 15) is 4.79 Å². The zero-order valence-electron chi connectivity index (χ0n) is 12.7. The van der Waals surface area contributed by atoms with Gasteiger partial charge in [-0.25, -0.2) is 9.78 Å². The molecule has 0 aliphatic rings. The van der Waals surface area contributed by atoms with E-state index in [2.05, 4.69) is 25.8 Å². The van der Waals surface area contributed by atoms with E-state index < -0.39 is 5.97 Å². The number of hydrogen-bond acceptors (Lipinski definition) is 3. The summed E-state index contributed by atoms with van der Waals surface area (Å²) in [5.74, 6) is -0.00186. The summed E-state index contributed by atoms with van der Waals surface area (Å²) in [6.45, 7) is 8.04. The molecule has 0 saturated heterocycles. The third-order valence-electron chi connectivity index (χ3n) is 3.09. The zero-order valence-corrected chi connectivity index (χ0v) is 12.7. The summed E-state index contributed by atoms with van der Waals surface area (Å²) < 4.78 is 5.83. The van der Waals surface area contributed by atoms with Gasteiger partial charge in [-0.05, 0) is 24.5 Å². The maximum absolute atomic E-state index is 11.1. The van der Waals surface area contributed by atoms with Crippen molar-refractivity contribution in [3.05, 3.63) is 53.2 Å². The minimum Gasteiger partial charge on any atom is -0.478 e. The number of ether oxygens (including phenoxy) is 1. The highest BCUT2D eigenvalue weighted by atomic mass is 16.5. The molecule has 1 N–H and O–H groups in total. The van der Waals surface area contributed by atoms with E-state index in [1.165, 1.54) is 12.1 Å². The molecule has 0 aliphatic carbocycles. The lowest BCUT2D eigenvalue weighted by molar-refractivity contribution is 0.0696. The number of benzene rings is 1. The minimum atomic E-state index is -0.991. The number of nitrogens with zero attached hydrogens (tertiary/aromatic N) is 1. The van der Waals surface area contributed by atoms with Crippen LogP contribution < -0.4 is 4.74 Å². The quantitative estimate of drug-likeness (QED) is 0.919. The third-order valence-corrected chi connectivity index (χ3v) is 3.09. The van der Waals surface area contributed by atoms with Crippen molar-refractivity contribution in [2.75, 3.05) is 0 Å². The van der Waals surface area contributed by atoms with Gasteiger partial charge in [0.2, 0.25) is 5.88 Å². The second-order valence-corrected chi connectivity index (χ2v) is 5.99. The summed E-state index contributed by atoms with van der Waals surface area (Å²) in [7, 11) is 0. The minimum absolute atomic E-state index is 0.0734. The molecular formula is C17H19NO3. The maximum atomic E-state index is 11.1. The number of rotatable bonds is 3. The largest absolute Gasteiger partial charge is 0.478 e. The van der Waals surface area contributed by atoms with Crippen molar-refractivity contribution in [3.8, 4) is 11.6 Å². The number of carboxylic acid groups (broad SMARTS) is 1. The fourth-order valence-corrected chi connectivity index (χ4v) is 2.10. The van der Waals surface area contributed by atoms with Gasteiger partial charge in [0, 0.05) is 17.3 Å². The van der Waals surface area contributed by atoms with Crippen molar-refractivity contribution in [1.82, 2.24) is 4.98 Å². The first-order valence-corrected chi connectivity index (χ1v) is 6.77. The molecule has 1 aromatic carbocycles. The molecule has 110 valence electrons. The van der Waals surface area contributed by atoms with Crippen LogP contribution in [0.5, 0.6) is 11.6 Å². The number of aryl methyl sites for hydroxylation is 1. The lowest BCUT2D eigenvalue weighted by atomic mass is 9.86. The summed E-state index contributed by atoms with van der Waals surface area (Å²) in [5, 5.41) is 9.10. The second kappa shape index (κ2) is 5.56. The summed E-state index contributed by atoms with van der Waals surface area (Å²) in [6, 6.07) is 10.7. The predicted octanol–water partition coefficient (Wildman–Crippen LogP) is 4.18. The van der Waals surface area contributed by atoms with E-state index in [0.717, 1.165) is 5.56 Å². The van der Waals surface area contributed by atoms with Gasteiger partial charge in [-0.2, -0.15) is 0 Å². The first-order chi connectivity index (χ1) is 9.77. The molecule has 0 bridgehead atoms. The Kier molecular flexibility index (Phi) is 3.98. The van der Waals surface area contributed by atoms with Gasteiger partial charge in [0.1, 0.15) is 5.75 Å². The highest BCUT2D eigenvalue weighted by Crippen LogP contribution is 2.33. The standard InChI is InChI=1S/C17H19NO3/c1-11-9-12(16(19)20)10-15(18-11)21-14-8-6-5-7-13(14)17(2,3)4/h5-10H,1-4H3,(H,19,20). The molecule has 4 nitrogen and oxygen atoms in total. The average Bonchev–Trinajstić information content (AvgIpc) is 2.37. The molecule has 0 fully saturated rings. The van der Waals surface area contributed by atoms with E-state index in [-0.39, 0.29) is 11.0 Å². The van der Waals surface area contributed by atoms with Crippen LogP contribution in [0.15, 0.2) is 36.4 Å². The van der Waals surface area contributed by atoms with Gasteiger partial charge >= 0.3 is 5.97 Å². The van der Waals surface area contributed by atoms with Crippen LogP contribution in [0.25, 0.3) is 0 Å². The summed E-state index contributed by atoms with van der Waals surface area (Å²) in [4.78, 5) is 15.3. The van der Waals surface area contributed by atoms with Crippen LogP contribution in [0.4, 0.5) is 0 Å². The van der Waals surface area contributed by atoms with Crippen molar-refractivity contribution in [2.45, 2.75) is 33.1 Å². The Morgan fingerprint density at radius 3 is 2.48 bits per heavy atom. The Hall–Kier alpha value is -2.36. The first-order valence-electron chi connectivity index (χ1n) is 6.77. The van der Waals surface area contributed by atoms with Gasteiger partial charge in [-0.3, -0.25) is 0 Å². The lowest BCUT2D eigenvalue weighted by Gasteiger charge is -2.22. The number of para-hydroxylation sites is 1. The Morgan fingerprint density at radius 2 is 1.86 bits per heavy atom. The molecule has 0 saturated carbocycles. The van der Waals surface area contributed by atoms with Crippen LogP contribution >= 0.6 is 0 Å². The van der Waals surface area contributed by atoms with Crippen LogP contribution in [-0.2, 0) is 5.41 Å². The molecule has 0 aliphatic heterocycles. The van der Waals surface area contributed by atoms with E-state index in [1.807, 2.05) is 24.3 Å². The Balaban J connectivity index is 2.42. The van der Waals surface area contributed by atoms with Crippen molar-refractivity contribution >= 4 is 5.97 Å². The number of aromatic carboxylic acids is 1. The van der Waals surface area contributed by atoms with Crippen molar-refractivity contribution < 1.29 is 14.6 Å². The van der Waals surface area contributed by atoms with Crippen molar-refractivity contribution in [3.63, 3.8) is 0 Å². The molecule has 0 unspecified atom stereocenters. The molecule has 1 heterocycles. The number of carbonyl (C=O) groups is 1. The van der Waals surface area contributed by atoms with Gasteiger partial charge < -0.3 is 9.84 Å². The van der Waals surface area contributed by atoms with Crippen LogP contribution in [0.1, 0.15) is 42.4 Å². The molecule has 4 heteroatoms. The van der Waals surface area contributed by atoms with Crippen LogP contribution in [0.2, 0.25) is 0 Å². The average molecular weight is 285 g/mol. The fraction of sp³-hybridized carbons (Fsp3) is 0.294. The van der Waals surface area contributed by atoms with E-state index >= 15 is 0 Å². The number of aromatic nitrogens is 1. The topological polar surface area (TPSA) is 59.4 Å². The highest BCUT2D eigenvalue weighted by Gasteiger charge is 2.19. The van der Waals surface area contributed by atoms with E-state index in [1.54, 1.807) is 6.92 Å². The monoisotopic (exact) mass is 285 g/mol. The molecule has 2 aromatic rings.